The number of rotatable bonds is 5. The van der Waals surface area contributed by atoms with Gasteiger partial charge in [-0.1, -0.05) is 54.2 Å². The van der Waals surface area contributed by atoms with Crippen molar-refractivity contribution in [2.45, 2.75) is 6.23 Å². The van der Waals surface area contributed by atoms with Crippen molar-refractivity contribution in [3.63, 3.8) is 0 Å². The number of hydrogen-bond acceptors (Lipinski definition) is 5. The summed E-state index contributed by atoms with van der Waals surface area (Å²) in [6, 6.07) is 25.2. The van der Waals surface area contributed by atoms with E-state index >= 15 is 0 Å². The predicted molar refractivity (Wildman–Crippen MR) is 124 cm³/mol. The Bertz CT molecular complexity index is 1070. The second kappa shape index (κ2) is 9.07. The average molecular weight is 419 g/mol. The normalized spacial score (nSPS) is 18.8. The summed E-state index contributed by atoms with van der Waals surface area (Å²) in [5.41, 5.74) is 2.62. The molecular formula is C24H22N2O3S. The molecule has 0 bridgehead atoms. The van der Waals surface area contributed by atoms with Crippen molar-refractivity contribution in [1.82, 2.24) is 0 Å². The van der Waals surface area contributed by atoms with E-state index in [0.29, 0.717) is 16.7 Å². The molecule has 0 amide bonds. The van der Waals surface area contributed by atoms with E-state index in [2.05, 4.69) is 0 Å². The number of aliphatic hydroxyl groups is 1. The molecule has 3 aromatic carbocycles. The Balaban J connectivity index is 1.74. The summed E-state index contributed by atoms with van der Waals surface area (Å²) >= 11 is 1.45. The first-order chi connectivity index (χ1) is 14.7. The van der Waals surface area contributed by atoms with Crippen LogP contribution in [0.4, 0.5) is 11.4 Å². The van der Waals surface area contributed by atoms with E-state index in [0.717, 1.165) is 21.8 Å². The zero-order valence-corrected chi connectivity index (χ0v) is 17.5. The SMILES string of the molecule is COc1ccc(/C=C2\SC(=Nc3ccccc3)N(c3ccccc3)C2O)cc1OC. The maximum absolute atomic E-state index is 11.1. The number of nitrogens with zero attached hydrogens (tertiary/aromatic N) is 2. The van der Waals surface area contributed by atoms with Crippen LogP contribution in [0.3, 0.4) is 0 Å². The lowest BCUT2D eigenvalue weighted by Crippen LogP contribution is -2.32. The molecule has 0 aromatic heterocycles. The molecule has 3 aromatic rings. The van der Waals surface area contributed by atoms with Crippen LogP contribution in [0.25, 0.3) is 6.08 Å². The van der Waals surface area contributed by atoms with Gasteiger partial charge >= 0.3 is 0 Å². The number of benzene rings is 3. The van der Waals surface area contributed by atoms with Crippen molar-refractivity contribution in [3.05, 3.63) is 89.3 Å². The number of anilines is 1. The number of amidine groups is 1. The fourth-order valence-electron chi connectivity index (χ4n) is 3.18. The minimum Gasteiger partial charge on any atom is -0.493 e. The summed E-state index contributed by atoms with van der Waals surface area (Å²) < 4.78 is 10.7. The number of ether oxygens (including phenoxy) is 2. The standard InChI is InChI=1S/C24H22N2O3S/c1-28-20-14-13-17(15-21(20)29-2)16-22-23(27)26(19-11-7-4-8-12-19)24(30-22)25-18-9-5-3-6-10-18/h3-16,23,27H,1-2H3/b22-16-,25-24?. The molecule has 0 saturated carbocycles. The van der Waals surface area contributed by atoms with Crippen molar-refractivity contribution in [2.75, 3.05) is 19.1 Å². The quantitative estimate of drug-likeness (QED) is 0.609. The molecule has 1 atom stereocenters. The van der Waals surface area contributed by atoms with E-state index < -0.39 is 6.23 Å². The Hall–Kier alpha value is -3.22. The van der Waals surface area contributed by atoms with Gasteiger partial charge in [-0.25, -0.2) is 4.99 Å². The first-order valence-electron chi connectivity index (χ1n) is 9.47. The van der Waals surface area contributed by atoms with Crippen molar-refractivity contribution in [2.24, 2.45) is 4.99 Å². The number of thioether (sulfide) groups is 1. The number of aliphatic hydroxyl groups excluding tert-OH is 1. The molecule has 0 aliphatic carbocycles. The van der Waals surface area contributed by atoms with Crippen molar-refractivity contribution < 1.29 is 14.6 Å². The Morgan fingerprint density at radius 1 is 0.900 bits per heavy atom. The third-order valence-corrected chi connectivity index (χ3v) is 5.68. The number of aliphatic imine (C=N–C) groups is 1. The molecule has 0 radical (unpaired) electrons. The smallest absolute Gasteiger partial charge is 0.176 e. The molecule has 1 saturated heterocycles. The summed E-state index contributed by atoms with van der Waals surface area (Å²) in [6.07, 6.45) is 1.11. The van der Waals surface area contributed by atoms with Crippen molar-refractivity contribution >= 4 is 34.4 Å². The zero-order chi connectivity index (χ0) is 20.9. The monoisotopic (exact) mass is 418 g/mol. The molecule has 4 rings (SSSR count). The minimum absolute atomic E-state index is 0.641. The van der Waals surface area contributed by atoms with Gasteiger partial charge in [0.1, 0.15) is 0 Å². The number of hydrogen-bond donors (Lipinski definition) is 1. The highest BCUT2D eigenvalue weighted by atomic mass is 32.2. The van der Waals surface area contributed by atoms with Gasteiger partial charge < -0.3 is 14.6 Å². The molecule has 1 aliphatic rings. The van der Waals surface area contributed by atoms with E-state index in [1.54, 1.807) is 14.2 Å². The lowest BCUT2D eigenvalue weighted by atomic mass is 10.1. The third-order valence-electron chi connectivity index (χ3n) is 4.65. The third kappa shape index (κ3) is 4.20. The summed E-state index contributed by atoms with van der Waals surface area (Å²) in [6.45, 7) is 0. The van der Waals surface area contributed by atoms with Gasteiger partial charge in [0.25, 0.3) is 0 Å². The molecule has 30 heavy (non-hydrogen) atoms. The zero-order valence-electron chi connectivity index (χ0n) is 16.7. The van der Waals surface area contributed by atoms with Crippen LogP contribution in [0.2, 0.25) is 0 Å². The number of methoxy groups -OCH3 is 2. The summed E-state index contributed by atoms with van der Waals surface area (Å²) in [4.78, 5) is 7.40. The predicted octanol–water partition coefficient (Wildman–Crippen LogP) is 5.30. The molecule has 1 N–H and O–H groups in total. The molecule has 1 fully saturated rings. The Kier molecular flexibility index (Phi) is 6.07. The van der Waals surface area contributed by atoms with Crippen LogP contribution in [0.15, 0.2) is 88.8 Å². The van der Waals surface area contributed by atoms with Gasteiger partial charge in [-0.2, -0.15) is 0 Å². The van der Waals surface area contributed by atoms with Gasteiger partial charge in [0.05, 0.1) is 19.9 Å². The second-order valence-electron chi connectivity index (χ2n) is 6.57. The molecule has 1 unspecified atom stereocenters. The van der Waals surface area contributed by atoms with Gasteiger partial charge in [-0.3, -0.25) is 4.90 Å². The molecular weight excluding hydrogens is 396 g/mol. The Morgan fingerprint density at radius 2 is 1.57 bits per heavy atom. The van der Waals surface area contributed by atoms with E-state index in [-0.39, 0.29) is 0 Å². The van der Waals surface area contributed by atoms with Gasteiger partial charge in [0.15, 0.2) is 22.9 Å². The van der Waals surface area contributed by atoms with Crippen LogP contribution in [-0.2, 0) is 0 Å². The topological polar surface area (TPSA) is 54.3 Å². The van der Waals surface area contributed by atoms with Gasteiger partial charge in [0.2, 0.25) is 0 Å². The van der Waals surface area contributed by atoms with Crippen LogP contribution in [0.5, 0.6) is 11.5 Å². The first-order valence-corrected chi connectivity index (χ1v) is 10.3. The fourth-order valence-corrected chi connectivity index (χ4v) is 4.25. The van der Waals surface area contributed by atoms with E-state index in [1.807, 2.05) is 89.8 Å². The first kappa shape index (κ1) is 20.1. The molecule has 1 heterocycles. The van der Waals surface area contributed by atoms with Crippen LogP contribution in [0.1, 0.15) is 5.56 Å². The maximum Gasteiger partial charge on any atom is 0.176 e. The highest BCUT2D eigenvalue weighted by Crippen LogP contribution is 2.40. The average Bonchev–Trinajstić information content (AvgIpc) is 3.09. The molecule has 1 aliphatic heterocycles. The Morgan fingerprint density at radius 3 is 2.23 bits per heavy atom. The largest absolute Gasteiger partial charge is 0.493 e. The van der Waals surface area contributed by atoms with E-state index in [1.165, 1.54) is 11.8 Å². The summed E-state index contributed by atoms with van der Waals surface area (Å²) in [5, 5.41) is 11.9. The van der Waals surface area contributed by atoms with Crippen LogP contribution in [0, 0.1) is 0 Å². The van der Waals surface area contributed by atoms with E-state index in [4.69, 9.17) is 14.5 Å². The summed E-state index contributed by atoms with van der Waals surface area (Å²) in [7, 11) is 3.21. The maximum atomic E-state index is 11.1. The van der Waals surface area contributed by atoms with Crippen molar-refractivity contribution in [1.29, 1.82) is 0 Å². The highest BCUT2D eigenvalue weighted by Gasteiger charge is 2.34. The molecule has 152 valence electrons. The van der Waals surface area contributed by atoms with E-state index in [9.17, 15) is 5.11 Å². The van der Waals surface area contributed by atoms with Crippen LogP contribution in [-0.4, -0.2) is 30.7 Å². The van der Waals surface area contributed by atoms with Crippen LogP contribution < -0.4 is 14.4 Å². The lowest BCUT2D eigenvalue weighted by molar-refractivity contribution is 0.233. The van der Waals surface area contributed by atoms with Gasteiger partial charge in [0, 0.05) is 10.6 Å². The van der Waals surface area contributed by atoms with Gasteiger partial charge in [-0.05, 0) is 48.0 Å². The molecule has 6 heteroatoms. The Labute approximate surface area is 180 Å². The van der Waals surface area contributed by atoms with Crippen molar-refractivity contribution in [3.8, 4) is 11.5 Å². The molecule has 5 nitrogen and oxygen atoms in total. The fraction of sp³-hybridized carbons (Fsp3) is 0.125. The second-order valence-corrected chi connectivity index (χ2v) is 7.61. The minimum atomic E-state index is -0.840. The summed E-state index contributed by atoms with van der Waals surface area (Å²) in [5.74, 6) is 1.30. The molecule has 0 spiro atoms. The highest BCUT2D eigenvalue weighted by molar-refractivity contribution is 8.18. The van der Waals surface area contributed by atoms with Crippen LogP contribution >= 0.6 is 11.8 Å². The van der Waals surface area contributed by atoms with Gasteiger partial charge in [-0.15, -0.1) is 0 Å². The lowest BCUT2D eigenvalue weighted by Gasteiger charge is -2.22. The number of para-hydroxylation sites is 2.